The Labute approximate surface area is 215 Å². The second-order valence-electron chi connectivity index (χ2n) is 8.95. The van der Waals surface area contributed by atoms with Gasteiger partial charge < -0.3 is 10.6 Å². The molecule has 2 aromatic carbocycles. The highest BCUT2D eigenvalue weighted by Gasteiger charge is 2.37. The summed E-state index contributed by atoms with van der Waals surface area (Å²) in [7, 11) is 0. The van der Waals surface area contributed by atoms with E-state index in [4.69, 9.17) is 23.2 Å². The molecule has 1 atom stereocenters. The Bertz CT molecular complexity index is 1020. The molecule has 1 aliphatic carbocycles. The summed E-state index contributed by atoms with van der Waals surface area (Å²) in [6.07, 6.45) is -3.85. The lowest BCUT2D eigenvalue weighted by Gasteiger charge is -2.25. The van der Waals surface area contributed by atoms with Crippen molar-refractivity contribution in [2.24, 2.45) is 0 Å². The minimum Gasteiger partial charge on any atom is -0.351 e. The number of nitrogens with one attached hydrogen (secondary N) is 2. The fraction of sp³-hybridized carbons (Fsp3) is 0.480. The highest BCUT2D eigenvalue weighted by molar-refractivity contribution is 6.42. The Morgan fingerprint density at radius 1 is 0.889 bits per heavy atom. The minimum absolute atomic E-state index is 0.00771. The van der Waals surface area contributed by atoms with Crippen molar-refractivity contribution in [1.82, 2.24) is 10.6 Å². The maximum absolute atomic E-state index is 13.2. The molecular weight excluding hydrogens is 529 g/mol. The Hall–Kier alpha value is -1.97. The molecule has 0 aliphatic heterocycles. The van der Waals surface area contributed by atoms with Crippen LogP contribution in [0.25, 0.3) is 0 Å². The van der Waals surface area contributed by atoms with Gasteiger partial charge in [-0.25, -0.2) is 0 Å². The van der Waals surface area contributed by atoms with E-state index in [2.05, 4.69) is 10.6 Å². The predicted octanol–water partition coefficient (Wildman–Crippen LogP) is 7.86. The van der Waals surface area contributed by atoms with Crippen LogP contribution in [0.15, 0.2) is 36.4 Å². The van der Waals surface area contributed by atoms with E-state index in [0.717, 1.165) is 31.2 Å². The van der Waals surface area contributed by atoms with Crippen LogP contribution < -0.4 is 10.6 Å². The van der Waals surface area contributed by atoms with E-state index in [0.29, 0.717) is 41.2 Å². The van der Waals surface area contributed by atoms with Crippen LogP contribution in [0.1, 0.15) is 71.5 Å². The van der Waals surface area contributed by atoms with Crippen LogP contribution in [0.2, 0.25) is 10.0 Å². The van der Waals surface area contributed by atoms with Gasteiger partial charge in [0.15, 0.2) is 0 Å². The van der Waals surface area contributed by atoms with E-state index >= 15 is 0 Å². The average Bonchev–Trinajstić information content (AvgIpc) is 2.82. The minimum atomic E-state index is -5.04. The van der Waals surface area contributed by atoms with Gasteiger partial charge in [0.1, 0.15) is 0 Å². The first-order valence-corrected chi connectivity index (χ1v) is 12.4. The van der Waals surface area contributed by atoms with Gasteiger partial charge in [-0.2, -0.15) is 26.3 Å². The molecule has 3 rings (SSSR count). The lowest BCUT2D eigenvalue weighted by atomic mass is 9.93. The first-order chi connectivity index (χ1) is 16.8. The summed E-state index contributed by atoms with van der Waals surface area (Å²) in [5, 5.41) is 6.64. The van der Waals surface area contributed by atoms with Crippen LogP contribution in [-0.4, -0.2) is 25.0 Å². The standard InChI is InChI=1S/C25H26Cl2F6N2O/c26-21-7-6-15(12-22(21)27)16(8-9-34-20-4-2-1-3-5-20)14-35-23(36)17-10-18(24(28,29)30)13-19(11-17)25(31,32)33/h6-7,10-13,16,20,34H,1-5,8-9,14H2,(H,35,36). The van der Waals surface area contributed by atoms with Crippen LogP contribution in [0.4, 0.5) is 26.3 Å². The highest BCUT2D eigenvalue weighted by atomic mass is 35.5. The van der Waals surface area contributed by atoms with Crippen molar-refractivity contribution in [2.75, 3.05) is 13.1 Å². The van der Waals surface area contributed by atoms with Crippen molar-refractivity contribution in [3.8, 4) is 0 Å². The van der Waals surface area contributed by atoms with Crippen molar-refractivity contribution in [2.45, 2.75) is 62.8 Å². The first kappa shape index (κ1) is 28.6. The third-order valence-corrected chi connectivity index (χ3v) is 7.04. The van der Waals surface area contributed by atoms with E-state index in [1.807, 2.05) is 0 Å². The van der Waals surface area contributed by atoms with E-state index < -0.39 is 35.0 Å². The van der Waals surface area contributed by atoms with E-state index in [-0.39, 0.29) is 18.5 Å². The second kappa shape index (κ2) is 12.0. The molecule has 0 aromatic heterocycles. The SMILES string of the molecule is O=C(NCC(CCNC1CCCCC1)c1ccc(Cl)c(Cl)c1)c1cc(C(F)(F)F)cc(C(F)(F)F)c1. The van der Waals surface area contributed by atoms with Crippen LogP contribution in [0.3, 0.4) is 0 Å². The van der Waals surface area contributed by atoms with Crippen LogP contribution in [0, 0.1) is 0 Å². The summed E-state index contributed by atoms with van der Waals surface area (Å²) in [6, 6.07) is 6.21. The van der Waals surface area contributed by atoms with Gasteiger partial charge in [-0.05, 0) is 61.7 Å². The van der Waals surface area contributed by atoms with E-state index in [1.165, 1.54) is 6.42 Å². The molecule has 0 spiro atoms. The first-order valence-electron chi connectivity index (χ1n) is 11.6. The van der Waals surface area contributed by atoms with Gasteiger partial charge in [-0.15, -0.1) is 0 Å². The number of alkyl halides is 6. The van der Waals surface area contributed by atoms with Crippen LogP contribution in [-0.2, 0) is 12.4 Å². The van der Waals surface area contributed by atoms with Gasteiger partial charge in [0.05, 0.1) is 21.2 Å². The summed E-state index contributed by atoms with van der Waals surface area (Å²) < 4.78 is 79.0. The van der Waals surface area contributed by atoms with Crippen LogP contribution in [0.5, 0.6) is 0 Å². The maximum atomic E-state index is 13.2. The number of benzene rings is 2. The number of rotatable bonds is 8. The topological polar surface area (TPSA) is 41.1 Å². The average molecular weight is 555 g/mol. The monoisotopic (exact) mass is 554 g/mol. The zero-order valence-electron chi connectivity index (χ0n) is 19.2. The molecule has 1 amide bonds. The molecule has 1 saturated carbocycles. The Kier molecular flexibility index (Phi) is 9.57. The lowest BCUT2D eigenvalue weighted by Crippen LogP contribution is -2.34. The molecule has 3 nitrogen and oxygen atoms in total. The second-order valence-corrected chi connectivity index (χ2v) is 9.77. The van der Waals surface area contributed by atoms with Crippen molar-refractivity contribution < 1.29 is 31.1 Å². The molecule has 0 heterocycles. The largest absolute Gasteiger partial charge is 0.416 e. The number of carbonyl (C=O) groups is 1. The fourth-order valence-electron chi connectivity index (χ4n) is 4.33. The summed E-state index contributed by atoms with van der Waals surface area (Å²) in [6.45, 7) is 0.605. The predicted molar refractivity (Wildman–Crippen MR) is 127 cm³/mol. The Morgan fingerprint density at radius 2 is 1.50 bits per heavy atom. The lowest BCUT2D eigenvalue weighted by molar-refractivity contribution is -0.143. The summed E-state index contributed by atoms with van der Waals surface area (Å²) >= 11 is 12.1. The third kappa shape index (κ3) is 8.02. The molecule has 0 bridgehead atoms. The molecule has 2 aromatic rings. The van der Waals surface area contributed by atoms with Gasteiger partial charge in [0, 0.05) is 24.1 Å². The number of hydrogen-bond acceptors (Lipinski definition) is 2. The summed E-state index contributed by atoms with van der Waals surface area (Å²) in [4.78, 5) is 12.7. The molecule has 1 unspecified atom stereocenters. The quantitative estimate of drug-likeness (QED) is 0.326. The molecule has 1 aliphatic rings. The van der Waals surface area contributed by atoms with E-state index in [9.17, 15) is 31.1 Å². The molecule has 11 heteroatoms. The zero-order chi connectivity index (χ0) is 26.5. The number of hydrogen-bond donors (Lipinski definition) is 2. The van der Waals surface area contributed by atoms with Crippen molar-refractivity contribution in [1.29, 1.82) is 0 Å². The Balaban J connectivity index is 1.76. The van der Waals surface area contributed by atoms with Crippen molar-refractivity contribution in [3.63, 3.8) is 0 Å². The Morgan fingerprint density at radius 3 is 2.06 bits per heavy atom. The summed E-state index contributed by atoms with van der Waals surface area (Å²) in [5.74, 6) is -1.33. The number of carbonyl (C=O) groups excluding carboxylic acids is 1. The van der Waals surface area contributed by atoms with E-state index in [1.54, 1.807) is 18.2 Å². The summed E-state index contributed by atoms with van der Waals surface area (Å²) in [5.41, 5.74) is -3.05. The molecule has 1 fully saturated rings. The molecule has 0 radical (unpaired) electrons. The van der Waals surface area contributed by atoms with Crippen molar-refractivity contribution >= 4 is 29.1 Å². The van der Waals surface area contributed by atoms with Crippen LogP contribution >= 0.6 is 23.2 Å². The van der Waals surface area contributed by atoms with Gasteiger partial charge in [0.2, 0.25) is 0 Å². The molecule has 36 heavy (non-hydrogen) atoms. The highest BCUT2D eigenvalue weighted by Crippen LogP contribution is 2.36. The van der Waals surface area contributed by atoms with Gasteiger partial charge in [-0.3, -0.25) is 4.79 Å². The number of amides is 1. The normalized spacial score (nSPS) is 16.1. The molecule has 0 saturated heterocycles. The van der Waals surface area contributed by atoms with Gasteiger partial charge in [-0.1, -0.05) is 48.5 Å². The number of halogens is 8. The van der Waals surface area contributed by atoms with Crippen molar-refractivity contribution in [3.05, 3.63) is 68.7 Å². The maximum Gasteiger partial charge on any atom is 0.416 e. The molecule has 2 N–H and O–H groups in total. The third-order valence-electron chi connectivity index (χ3n) is 6.30. The fourth-order valence-corrected chi connectivity index (χ4v) is 4.63. The zero-order valence-corrected chi connectivity index (χ0v) is 20.7. The van der Waals surface area contributed by atoms with Gasteiger partial charge in [0.25, 0.3) is 5.91 Å². The smallest absolute Gasteiger partial charge is 0.351 e. The van der Waals surface area contributed by atoms with Gasteiger partial charge >= 0.3 is 12.4 Å². The molecular formula is C25H26Cl2F6N2O. The molecule has 198 valence electrons.